The van der Waals surface area contributed by atoms with E-state index in [0.29, 0.717) is 11.7 Å². The van der Waals surface area contributed by atoms with Crippen LogP contribution in [0.5, 0.6) is 0 Å². The minimum absolute atomic E-state index is 0.454. The summed E-state index contributed by atoms with van der Waals surface area (Å²) in [6.45, 7) is 0. The molecule has 0 aromatic heterocycles. The number of ketones is 1. The van der Waals surface area contributed by atoms with Crippen molar-refractivity contribution < 1.29 is 4.79 Å². The molecule has 0 spiro atoms. The first-order chi connectivity index (χ1) is 9.33. The lowest BCUT2D eigenvalue weighted by atomic mass is 9.75. The summed E-state index contributed by atoms with van der Waals surface area (Å²) in [6.07, 6.45) is 8.63. The fourth-order valence-electron chi connectivity index (χ4n) is 3.32. The molecular formula is C17H22OS. The molecule has 1 atom stereocenters. The fraction of sp³-hybridized carbons (Fsp3) is 0.588. The zero-order valence-corrected chi connectivity index (χ0v) is 12.3. The van der Waals surface area contributed by atoms with Crippen LogP contribution in [0.4, 0.5) is 0 Å². The van der Waals surface area contributed by atoms with E-state index in [9.17, 15) is 4.79 Å². The van der Waals surface area contributed by atoms with Crippen LogP contribution in [0.3, 0.4) is 0 Å². The van der Waals surface area contributed by atoms with Crippen LogP contribution in [0.2, 0.25) is 0 Å². The van der Waals surface area contributed by atoms with Crippen molar-refractivity contribution in [2.24, 2.45) is 0 Å². The summed E-state index contributed by atoms with van der Waals surface area (Å²) in [4.78, 5) is 12.1. The molecule has 0 radical (unpaired) electrons. The average molecular weight is 274 g/mol. The van der Waals surface area contributed by atoms with Gasteiger partial charge in [0.1, 0.15) is 5.78 Å². The third kappa shape index (κ3) is 3.22. The maximum Gasteiger partial charge on any atom is 0.143 e. The molecular weight excluding hydrogens is 252 g/mol. The Kier molecular flexibility index (Phi) is 4.27. The molecule has 102 valence electrons. The van der Waals surface area contributed by atoms with Gasteiger partial charge in [0.25, 0.3) is 0 Å². The molecule has 1 nitrogen and oxygen atoms in total. The van der Waals surface area contributed by atoms with Crippen LogP contribution in [-0.4, -0.2) is 16.8 Å². The monoisotopic (exact) mass is 274 g/mol. The van der Waals surface area contributed by atoms with Gasteiger partial charge in [-0.1, -0.05) is 43.5 Å². The molecule has 2 aliphatic rings. The maximum absolute atomic E-state index is 12.1. The van der Waals surface area contributed by atoms with E-state index in [-0.39, 0.29) is 0 Å². The zero-order valence-electron chi connectivity index (χ0n) is 11.4. The first-order valence-electron chi connectivity index (χ1n) is 7.54. The van der Waals surface area contributed by atoms with Gasteiger partial charge in [0.2, 0.25) is 0 Å². The highest BCUT2D eigenvalue weighted by Gasteiger charge is 2.27. The van der Waals surface area contributed by atoms with Gasteiger partial charge in [0, 0.05) is 11.7 Å². The predicted octanol–water partition coefficient (Wildman–Crippen LogP) is 4.35. The Bertz CT molecular complexity index is 448. The first-order valence-corrected chi connectivity index (χ1v) is 8.59. The minimum Gasteiger partial charge on any atom is -0.299 e. The van der Waals surface area contributed by atoms with Gasteiger partial charge in [-0.3, -0.25) is 4.79 Å². The summed E-state index contributed by atoms with van der Waals surface area (Å²) in [7, 11) is 0. The maximum atomic E-state index is 12.1. The molecule has 2 aliphatic carbocycles. The van der Waals surface area contributed by atoms with Crippen LogP contribution in [0.25, 0.3) is 0 Å². The number of rotatable bonds is 5. The highest BCUT2D eigenvalue weighted by Crippen LogP contribution is 2.38. The SMILES string of the molecule is O=C(CSC1CCCCC1)CC1Cc2ccccc21. The van der Waals surface area contributed by atoms with E-state index in [0.717, 1.165) is 23.8 Å². The average Bonchev–Trinajstić information content (AvgIpc) is 2.44. The van der Waals surface area contributed by atoms with Crippen LogP contribution in [0.1, 0.15) is 55.6 Å². The lowest BCUT2D eigenvalue weighted by molar-refractivity contribution is -0.117. The van der Waals surface area contributed by atoms with Crippen molar-refractivity contribution in [1.29, 1.82) is 0 Å². The Balaban J connectivity index is 1.43. The quantitative estimate of drug-likeness (QED) is 0.794. The number of fused-ring (bicyclic) bond motifs is 1. The summed E-state index contributed by atoms with van der Waals surface area (Å²) in [6, 6.07) is 8.56. The Morgan fingerprint density at radius 2 is 1.95 bits per heavy atom. The van der Waals surface area contributed by atoms with Crippen molar-refractivity contribution in [2.45, 2.75) is 56.1 Å². The Labute approximate surface area is 120 Å². The number of hydrogen-bond donors (Lipinski definition) is 0. The van der Waals surface area contributed by atoms with Crippen LogP contribution >= 0.6 is 11.8 Å². The molecule has 0 heterocycles. The molecule has 1 saturated carbocycles. The molecule has 0 aliphatic heterocycles. The summed E-state index contributed by atoms with van der Waals surface area (Å²) in [5, 5.41) is 0.756. The van der Waals surface area contributed by atoms with Gasteiger partial charge in [-0.2, -0.15) is 11.8 Å². The topological polar surface area (TPSA) is 17.1 Å². The van der Waals surface area contributed by atoms with Gasteiger partial charge in [-0.15, -0.1) is 0 Å². The molecule has 0 bridgehead atoms. The lowest BCUT2D eigenvalue weighted by Crippen LogP contribution is -2.21. The molecule has 1 fully saturated rings. The number of benzene rings is 1. The highest BCUT2D eigenvalue weighted by atomic mass is 32.2. The smallest absolute Gasteiger partial charge is 0.143 e. The Morgan fingerprint density at radius 3 is 2.74 bits per heavy atom. The number of carbonyl (C=O) groups is 1. The second-order valence-electron chi connectivity index (χ2n) is 5.91. The standard InChI is InChI=1S/C17H22OS/c18-15(12-19-16-7-2-1-3-8-16)11-14-10-13-6-4-5-9-17(13)14/h4-6,9,14,16H,1-3,7-8,10-12H2. The van der Waals surface area contributed by atoms with Crippen molar-refractivity contribution in [3.05, 3.63) is 35.4 Å². The van der Waals surface area contributed by atoms with Gasteiger partial charge in [0.05, 0.1) is 5.75 Å². The largest absolute Gasteiger partial charge is 0.299 e. The lowest BCUT2D eigenvalue weighted by Gasteiger charge is -2.29. The molecule has 0 saturated heterocycles. The molecule has 0 N–H and O–H groups in total. The summed E-state index contributed by atoms with van der Waals surface area (Å²) in [5.74, 6) is 1.70. The van der Waals surface area contributed by atoms with E-state index in [1.807, 2.05) is 11.8 Å². The van der Waals surface area contributed by atoms with Crippen LogP contribution < -0.4 is 0 Å². The van der Waals surface area contributed by atoms with Crippen LogP contribution in [0.15, 0.2) is 24.3 Å². The first kappa shape index (κ1) is 13.2. The number of thioether (sulfide) groups is 1. The van der Waals surface area contributed by atoms with Gasteiger partial charge in [-0.05, 0) is 36.3 Å². The third-order valence-electron chi connectivity index (χ3n) is 4.47. The molecule has 1 aromatic rings. The molecule has 1 aromatic carbocycles. The molecule has 1 unspecified atom stereocenters. The van der Waals surface area contributed by atoms with Gasteiger partial charge in [0.15, 0.2) is 0 Å². The number of Topliss-reactive ketones (excluding diaryl/α,β-unsaturated/α-hetero) is 1. The highest BCUT2D eigenvalue weighted by molar-refractivity contribution is 8.00. The van der Waals surface area contributed by atoms with Crippen molar-refractivity contribution in [1.82, 2.24) is 0 Å². The normalized spacial score (nSPS) is 22.6. The van der Waals surface area contributed by atoms with E-state index in [2.05, 4.69) is 24.3 Å². The fourth-order valence-corrected chi connectivity index (χ4v) is 4.53. The van der Waals surface area contributed by atoms with E-state index >= 15 is 0 Å². The third-order valence-corrected chi connectivity index (χ3v) is 5.90. The van der Waals surface area contributed by atoms with E-state index in [1.165, 1.54) is 43.2 Å². The molecule has 19 heavy (non-hydrogen) atoms. The number of carbonyl (C=O) groups excluding carboxylic acids is 1. The van der Waals surface area contributed by atoms with E-state index < -0.39 is 0 Å². The summed E-state index contributed by atoms with van der Waals surface area (Å²) in [5.41, 5.74) is 2.86. The molecule has 2 heteroatoms. The Hall–Kier alpha value is -0.760. The summed E-state index contributed by atoms with van der Waals surface area (Å²) >= 11 is 1.91. The minimum atomic E-state index is 0.454. The predicted molar refractivity (Wildman–Crippen MR) is 81.8 cm³/mol. The molecule has 0 amide bonds. The second-order valence-corrected chi connectivity index (χ2v) is 7.20. The van der Waals surface area contributed by atoms with E-state index in [1.54, 1.807) is 0 Å². The van der Waals surface area contributed by atoms with Crippen molar-refractivity contribution in [2.75, 3.05) is 5.75 Å². The second kappa shape index (κ2) is 6.13. The van der Waals surface area contributed by atoms with Crippen molar-refractivity contribution in [3.8, 4) is 0 Å². The number of hydrogen-bond acceptors (Lipinski definition) is 2. The van der Waals surface area contributed by atoms with Crippen LogP contribution in [0, 0.1) is 0 Å². The van der Waals surface area contributed by atoms with Crippen molar-refractivity contribution in [3.63, 3.8) is 0 Å². The summed E-state index contributed by atoms with van der Waals surface area (Å²) < 4.78 is 0. The van der Waals surface area contributed by atoms with Crippen molar-refractivity contribution >= 4 is 17.5 Å². The zero-order chi connectivity index (χ0) is 13.1. The van der Waals surface area contributed by atoms with E-state index in [4.69, 9.17) is 0 Å². The Morgan fingerprint density at radius 1 is 1.16 bits per heavy atom. The van der Waals surface area contributed by atoms with Crippen LogP contribution in [-0.2, 0) is 11.2 Å². The molecule has 3 rings (SSSR count). The van der Waals surface area contributed by atoms with Gasteiger partial charge < -0.3 is 0 Å². The van der Waals surface area contributed by atoms with Gasteiger partial charge >= 0.3 is 0 Å². The van der Waals surface area contributed by atoms with Gasteiger partial charge in [-0.25, -0.2) is 0 Å².